The van der Waals surface area contributed by atoms with Crippen molar-refractivity contribution >= 4 is 17.7 Å². The van der Waals surface area contributed by atoms with Crippen molar-refractivity contribution in [1.82, 2.24) is 15.0 Å². The van der Waals surface area contributed by atoms with Gasteiger partial charge in [0.15, 0.2) is 11.5 Å². The van der Waals surface area contributed by atoms with Crippen LogP contribution >= 0.6 is 11.8 Å². The van der Waals surface area contributed by atoms with Gasteiger partial charge in [0.25, 0.3) is 5.91 Å². The molecule has 8 heteroatoms. The van der Waals surface area contributed by atoms with Gasteiger partial charge >= 0.3 is 0 Å². The number of fused-ring (bicyclic) bond motifs is 1. The summed E-state index contributed by atoms with van der Waals surface area (Å²) in [7, 11) is 0. The number of carbonyl (C=O) groups is 1. The standard InChI is InChI=1S/C22H23N3O4S/c1-3-25(13-16-6-4-8-19-20(16)28-11-10-27-19)22(26)18-7-5-9-23-21(18)30-14-17-12-15(2)29-24-17/h4-9,12H,3,10-11,13-14H2,1-2H3. The van der Waals surface area contributed by atoms with Crippen molar-refractivity contribution in [2.75, 3.05) is 19.8 Å². The summed E-state index contributed by atoms with van der Waals surface area (Å²) in [5, 5.41) is 4.69. The number of pyridine rings is 1. The highest BCUT2D eigenvalue weighted by Crippen LogP contribution is 2.34. The monoisotopic (exact) mass is 425 g/mol. The minimum Gasteiger partial charge on any atom is -0.486 e. The van der Waals surface area contributed by atoms with Gasteiger partial charge in [-0.2, -0.15) is 0 Å². The van der Waals surface area contributed by atoms with Gasteiger partial charge in [0.05, 0.1) is 11.3 Å². The van der Waals surface area contributed by atoms with Crippen molar-refractivity contribution in [3.8, 4) is 11.5 Å². The van der Waals surface area contributed by atoms with Crippen molar-refractivity contribution in [3.63, 3.8) is 0 Å². The third kappa shape index (κ3) is 4.43. The number of ether oxygens (including phenoxy) is 2. The fourth-order valence-electron chi connectivity index (χ4n) is 3.26. The van der Waals surface area contributed by atoms with Crippen LogP contribution in [-0.4, -0.2) is 40.7 Å². The van der Waals surface area contributed by atoms with Crippen LogP contribution in [0.25, 0.3) is 0 Å². The molecular formula is C22H23N3O4S. The molecule has 1 aliphatic rings. The topological polar surface area (TPSA) is 77.7 Å². The number of thioether (sulfide) groups is 1. The van der Waals surface area contributed by atoms with Crippen molar-refractivity contribution in [2.45, 2.75) is 31.2 Å². The Labute approximate surface area is 179 Å². The van der Waals surface area contributed by atoms with Gasteiger partial charge in [-0.3, -0.25) is 4.79 Å². The Kier molecular flexibility index (Phi) is 6.23. The van der Waals surface area contributed by atoms with E-state index in [1.165, 1.54) is 11.8 Å². The van der Waals surface area contributed by atoms with Crippen molar-refractivity contribution in [2.24, 2.45) is 0 Å². The van der Waals surface area contributed by atoms with Crippen LogP contribution in [0.15, 0.2) is 52.1 Å². The van der Waals surface area contributed by atoms with E-state index in [2.05, 4.69) is 10.1 Å². The number of hydrogen-bond acceptors (Lipinski definition) is 7. The second-order valence-corrected chi connectivity index (χ2v) is 7.80. The van der Waals surface area contributed by atoms with Crippen LogP contribution < -0.4 is 9.47 Å². The molecule has 3 aromatic rings. The summed E-state index contributed by atoms with van der Waals surface area (Å²) in [5.41, 5.74) is 2.33. The van der Waals surface area contributed by atoms with E-state index in [1.807, 2.05) is 44.2 Å². The number of aromatic nitrogens is 2. The fourth-order valence-corrected chi connectivity index (χ4v) is 4.13. The number of carbonyl (C=O) groups excluding carboxylic acids is 1. The van der Waals surface area contributed by atoms with Crippen LogP contribution in [0.2, 0.25) is 0 Å². The molecule has 0 saturated carbocycles. The second-order valence-electron chi connectivity index (χ2n) is 6.83. The fraction of sp³-hybridized carbons (Fsp3) is 0.318. The molecule has 0 aliphatic carbocycles. The Bertz CT molecular complexity index is 1040. The van der Waals surface area contributed by atoms with E-state index in [0.717, 1.165) is 28.5 Å². The first-order chi connectivity index (χ1) is 14.7. The van der Waals surface area contributed by atoms with Crippen LogP contribution in [0.3, 0.4) is 0 Å². The Morgan fingerprint density at radius 2 is 2.07 bits per heavy atom. The lowest BCUT2D eigenvalue weighted by Crippen LogP contribution is -2.31. The summed E-state index contributed by atoms with van der Waals surface area (Å²) in [6, 6.07) is 11.3. The van der Waals surface area contributed by atoms with Crippen LogP contribution in [0, 0.1) is 6.92 Å². The van der Waals surface area contributed by atoms with Crippen molar-refractivity contribution in [1.29, 1.82) is 0 Å². The summed E-state index contributed by atoms with van der Waals surface area (Å²) in [6.45, 7) is 5.86. The lowest BCUT2D eigenvalue weighted by atomic mass is 10.1. The third-order valence-electron chi connectivity index (χ3n) is 4.71. The maximum Gasteiger partial charge on any atom is 0.256 e. The molecule has 3 heterocycles. The number of benzene rings is 1. The average Bonchev–Trinajstić information content (AvgIpc) is 3.21. The van der Waals surface area contributed by atoms with Crippen molar-refractivity contribution < 1.29 is 18.8 Å². The number of para-hydroxylation sites is 1. The number of aryl methyl sites for hydroxylation is 1. The predicted octanol–water partition coefficient (Wildman–Crippen LogP) is 4.10. The molecule has 0 saturated heterocycles. The molecule has 1 aromatic carbocycles. The lowest BCUT2D eigenvalue weighted by molar-refractivity contribution is 0.0744. The molecule has 0 bridgehead atoms. The first kappa shape index (κ1) is 20.3. The third-order valence-corrected chi connectivity index (χ3v) is 5.75. The summed E-state index contributed by atoms with van der Waals surface area (Å²) in [6.07, 6.45) is 1.70. The molecular weight excluding hydrogens is 402 g/mol. The molecule has 4 rings (SSSR count). The molecule has 2 aromatic heterocycles. The van der Waals surface area contributed by atoms with Gasteiger partial charge in [0.1, 0.15) is 24.0 Å². The van der Waals surface area contributed by atoms with Crippen LogP contribution in [-0.2, 0) is 12.3 Å². The molecule has 0 radical (unpaired) electrons. The van der Waals surface area contributed by atoms with E-state index in [4.69, 9.17) is 14.0 Å². The summed E-state index contributed by atoms with van der Waals surface area (Å²) in [4.78, 5) is 19.6. The molecule has 0 atom stereocenters. The van der Waals surface area contributed by atoms with Crippen molar-refractivity contribution in [3.05, 3.63) is 65.2 Å². The van der Waals surface area contributed by atoms with Crippen LogP contribution in [0.4, 0.5) is 0 Å². The van der Waals surface area contributed by atoms with Gasteiger partial charge in [-0.1, -0.05) is 29.1 Å². The molecule has 0 spiro atoms. The van der Waals surface area contributed by atoms with Gasteiger partial charge in [0, 0.05) is 36.7 Å². The maximum absolute atomic E-state index is 13.4. The maximum atomic E-state index is 13.4. The highest BCUT2D eigenvalue weighted by Gasteiger charge is 2.22. The molecule has 1 amide bonds. The SMILES string of the molecule is CCN(Cc1cccc2c1OCCO2)C(=O)c1cccnc1SCc1cc(C)on1. The van der Waals surface area contributed by atoms with E-state index in [0.29, 0.717) is 42.6 Å². The minimum absolute atomic E-state index is 0.0706. The zero-order chi connectivity index (χ0) is 20.9. The molecule has 156 valence electrons. The molecule has 1 aliphatic heterocycles. The zero-order valence-electron chi connectivity index (χ0n) is 17.0. The first-order valence-corrected chi connectivity index (χ1v) is 10.8. The highest BCUT2D eigenvalue weighted by atomic mass is 32.2. The summed E-state index contributed by atoms with van der Waals surface area (Å²) in [5.74, 6) is 2.72. The predicted molar refractivity (Wildman–Crippen MR) is 113 cm³/mol. The average molecular weight is 426 g/mol. The van der Waals surface area contributed by atoms with Gasteiger partial charge in [-0.05, 0) is 32.0 Å². The van der Waals surface area contributed by atoms with Crippen LogP contribution in [0.1, 0.15) is 34.3 Å². The van der Waals surface area contributed by atoms with E-state index in [9.17, 15) is 4.79 Å². The normalized spacial score (nSPS) is 12.6. The summed E-state index contributed by atoms with van der Waals surface area (Å²) < 4.78 is 16.6. The first-order valence-electron chi connectivity index (χ1n) is 9.82. The Hall–Kier alpha value is -3.00. The number of nitrogens with zero attached hydrogens (tertiary/aromatic N) is 3. The molecule has 0 unspecified atom stereocenters. The van der Waals surface area contributed by atoms with Gasteiger partial charge in [-0.25, -0.2) is 4.98 Å². The quantitative estimate of drug-likeness (QED) is 0.527. The van der Waals surface area contributed by atoms with Gasteiger partial charge in [0.2, 0.25) is 0 Å². The van der Waals surface area contributed by atoms with E-state index in [1.54, 1.807) is 17.2 Å². The largest absolute Gasteiger partial charge is 0.486 e. The molecule has 30 heavy (non-hydrogen) atoms. The lowest BCUT2D eigenvalue weighted by Gasteiger charge is -2.25. The van der Waals surface area contributed by atoms with Gasteiger partial charge in [-0.15, -0.1) is 0 Å². The Morgan fingerprint density at radius 1 is 1.20 bits per heavy atom. The Morgan fingerprint density at radius 3 is 2.87 bits per heavy atom. The van der Waals surface area contributed by atoms with Gasteiger partial charge < -0.3 is 18.9 Å². The van der Waals surface area contributed by atoms with E-state index < -0.39 is 0 Å². The van der Waals surface area contributed by atoms with E-state index in [-0.39, 0.29) is 5.91 Å². The number of rotatable bonds is 7. The molecule has 7 nitrogen and oxygen atoms in total. The van der Waals surface area contributed by atoms with Crippen LogP contribution in [0.5, 0.6) is 11.5 Å². The number of amides is 1. The number of hydrogen-bond donors (Lipinski definition) is 0. The smallest absolute Gasteiger partial charge is 0.256 e. The second kappa shape index (κ2) is 9.21. The minimum atomic E-state index is -0.0706. The zero-order valence-corrected chi connectivity index (χ0v) is 17.8. The molecule has 0 fully saturated rings. The highest BCUT2D eigenvalue weighted by molar-refractivity contribution is 7.98. The Balaban J connectivity index is 1.53. The summed E-state index contributed by atoms with van der Waals surface area (Å²) >= 11 is 1.47. The van der Waals surface area contributed by atoms with E-state index >= 15 is 0 Å². The molecule has 0 N–H and O–H groups in total.